The van der Waals surface area contributed by atoms with Crippen molar-refractivity contribution in [2.75, 3.05) is 5.32 Å². The first kappa shape index (κ1) is 15.0. The quantitative estimate of drug-likeness (QED) is 0.843. The number of benzene rings is 1. The monoisotopic (exact) mass is 308 g/mol. The van der Waals surface area contributed by atoms with E-state index in [9.17, 15) is 14.7 Å². The molecule has 0 saturated carbocycles. The van der Waals surface area contributed by atoms with Crippen LogP contribution in [-0.2, 0) is 16.0 Å². The van der Waals surface area contributed by atoms with Gasteiger partial charge in [-0.3, -0.25) is 9.59 Å². The summed E-state index contributed by atoms with van der Waals surface area (Å²) in [6.07, 6.45) is 7.73. The molecule has 23 heavy (non-hydrogen) atoms. The van der Waals surface area contributed by atoms with Crippen LogP contribution >= 0.6 is 0 Å². The molecule has 116 valence electrons. The zero-order valence-corrected chi connectivity index (χ0v) is 12.6. The number of fused-ring (bicyclic) bond motifs is 1. The van der Waals surface area contributed by atoms with Crippen LogP contribution in [0.25, 0.3) is 0 Å². The highest BCUT2D eigenvalue weighted by atomic mass is 16.3. The number of dihydropyridines is 1. The van der Waals surface area contributed by atoms with Crippen LogP contribution in [0.1, 0.15) is 12.5 Å². The molecular weight excluding hydrogens is 292 g/mol. The Labute approximate surface area is 133 Å². The third-order valence-corrected chi connectivity index (χ3v) is 3.84. The van der Waals surface area contributed by atoms with Crippen LogP contribution in [0, 0.1) is 5.92 Å². The van der Waals surface area contributed by atoms with Gasteiger partial charge < -0.3 is 10.4 Å². The number of rotatable bonds is 3. The number of amides is 2. The van der Waals surface area contributed by atoms with E-state index in [1.54, 1.807) is 36.4 Å². The summed E-state index contributed by atoms with van der Waals surface area (Å²) in [7, 11) is 0. The number of carbonyl (C=O) groups excluding carboxylic acids is 2. The number of aliphatic imine (C=N–C) groups is 1. The molecule has 0 bridgehead atoms. The number of aliphatic hydroxyl groups excluding tert-OH is 1. The highest BCUT2D eigenvalue weighted by Crippen LogP contribution is 2.26. The zero-order chi connectivity index (χ0) is 16.4. The first-order valence-corrected chi connectivity index (χ1v) is 7.41. The van der Waals surface area contributed by atoms with Gasteiger partial charge in [-0.1, -0.05) is 37.3 Å². The number of nitrogens with zero attached hydrogens (tertiary/aromatic N) is 1. The van der Waals surface area contributed by atoms with Crippen LogP contribution < -0.4 is 5.32 Å². The molecule has 1 atom stereocenters. The molecule has 1 aromatic rings. The van der Waals surface area contributed by atoms with Crippen molar-refractivity contribution in [2.24, 2.45) is 10.9 Å². The molecule has 2 N–H and O–H groups in total. The van der Waals surface area contributed by atoms with Gasteiger partial charge in [0.25, 0.3) is 11.8 Å². The molecule has 1 unspecified atom stereocenters. The van der Waals surface area contributed by atoms with Gasteiger partial charge in [0.05, 0.1) is 11.6 Å². The molecule has 5 heteroatoms. The lowest BCUT2D eigenvalue weighted by Gasteiger charge is -2.21. The molecular formula is C18H16N2O3. The second-order valence-electron chi connectivity index (χ2n) is 5.33. The van der Waals surface area contributed by atoms with E-state index in [0.29, 0.717) is 11.4 Å². The van der Waals surface area contributed by atoms with Crippen LogP contribution in [0.4, 0.5) is 5.69 Å². The lowest BCUT2D eigenvalue weighted by molar-refractivity contribution is -0.119. The summed E-state index contributed by atoms with van der Waals surface area (Å²) in [4.78, 5) is 28.3. The second kappa shape index (κ2) is 6.04. The highest BCUT2D eigenvalue weighted by Gasteiger charge is 2.33. The summed E-state index contributed by atoms with van der Waals surface area (Å²) in [6.45, 7) is 2.04. The summed E-state index contributed by atoms with van der Waals surface area (Å²) >= 11 is 0. The lowest BCUT2D eigenvalue weighted by atomic mass is 9.90. The Morgan fingerprint density at radius 3 is 2.70 bits per heavy atom. The van der Waals surface area contributed by atoms with Crippen molar-refractivity contribution in [3.05, 3.63) is 65.5 Å². The van der Waals surface area contributed by atoms with E-state index >= 15 is 0 Å². The minimum atomic E-state index is -0.726. The van der Waals surface area contributed by atoms with Crippen molar-refractivity contribution in [3.8, 4) is 0 Å². The molecule has 1 aromatic carbocycles. The van der Waals surface area contributed by atoms with Gasteiger partial charge in [-0.15, -0.1) is 0 Å². The van der Waals surface area contributed by atoms with E-state index < -0.39 is 17.7 Å². The zero-order valence-electron chi connectivity index (χ0n) is 12.6. The molecule has 2 amide bonds. The van der Waals surface area contributed by atoms with Gasteiger partial charge in [0.1, 0.15) is 11.3 Å². The number of allylic oxidation sites excluding steroid dienone is 4. The Kier molecular flexibility index (Phi) is 3.93. The molecule has 0 spiro atoms. The van der Waals surface area contributed by atoms with E-state index in [1.807, 2.05) is 19.1 Å². The minimum Gasteiger partial charge on any atom is -0.510 e. The maximum absolute atomic E-state index is 12.4. The van der Waals surface area contributed by atoms with Crippen LogP contribution in [0.15, 0.2) is 64.9 Å². The highest BCUT2D eigenvalue weighted by molar-refractivity contribution is 6.28. The summed E-state index contributed by atoms with van der Waals surface area (Å²) in [5, 5.41) is 12.9. The van der Waals surface area contributed by atoms with Crippen LogP contribution in [0.2, 0.25) is 0 Å². The van der Waals surface area contributed by atoms with E-state index in [-0.39, 0.29) is 11.3 Å². The van der Waals surface area contributed by atoms with Crippen molar-refractivity contribution < 1.29 is 14.7 Å². The van der Waals surface area contributed by atoms with E-state index in [0.717, 1.165) is 12.0 Å². The standard InChI is InChI=1S/C18H16N2O3/c1-2-11-7-9-12(10-8-11)19-17(22)15-16(21)13-5-3-4-6-14(13)20-18(15)23/h3-10,13,21H,2H2,1H3,(H,19,22). The Hall–Kier alpha value is -2.95. The van der Waals surface area contributed by atoms with Crippen molar-refractivity contribution in [1.82, 2.24) is 0 Å². The summed E-state index contributed by atoms with van der Waals surface area (Å²) in [6, 6.07) is 7.33. The molecule has 5 nitrogen and oxygen atoms in total. The summed E-state index contributed by atoms with van der Waals surface area (Å²) in [5.74, 6) is -2.18. The van der Waals surface area contributed by atoms with Crippen molar-refractivity contribution in [2.45, 2.75) is 13.3 Å². The van der Waals surface area contributed by atoms with E-state index in [4.69, 9.17) is 0 Å². The third kappa shape index (κ3) is 2.85. The average Bonchev–Trinajstić information content (AvgIpc) is 2.55. The minimum absolute atomic E-state index is 0.261. The predicted molar refractivity (Wildman–Crippen MR) is 88.3 cm³/mol. The number of carbonyl (C=O) groups is 2. The molecule has 0 fully saturated rings. The van der Waals surface area contributed by atoms with Gasteiger partial charge in [-0.05, 0) is 30.2 Å². The average molecular weight is 308 g/mol. The first-order chi connectivity index (χ1) is 11.1. The Morgan fingerprint density at radius 2 is 2.00 bits per heavy atom. The lowest BCUT2D eigenvalue weighted by Crippen LogP contribution is -2.30. The van der Waals surface area contributed by atoms with E-state index in [2.05, 4.69) is 10.3 Å². The molecule has 0 aromatic heterocycles. The van der Waals surface area contributed by atoms with E-state index in [1.165, 1.54) is 0 Å². The van der Waals surface area contributed by atoms with Crippen molar-refractivity contribution >= 4 is 23.2 Å². The fraction of sp³-hybridized carbons (Fsp3) is 0.167. The van der Waals surface area contributed by atoms with Gasteiger partial charge >= 0.3 is 0 Å². The number of aliphatic hydroxyl groups is 1. The molecule has 0 radical (unpaired) electrons. The van der Waals surface area contributed by atoms with Crippen molar-refractivity contribution in [3.63, 3.8) is 0 Å². The van der Waals surface area contributed by atoms with Crippen molar-refractivity contribution in [1.29, 1.82) is 0 Å². The van der Waals surface area contributed by atoms with Crippen LogP contribution in [0.5, 0.6) is 0 Å². The number of nitrogens with one attached hydrogen (secondary N) is 1. The predicted octanol–water partition coefficient (Wildman–Crippen LogP) is 2.72. The summed E-state index contributed by atoms with van der Waals surface area (Å²) < 4.78 is 0. The molecule has 0 saturated heterocycles. The van der Waals surface area contributed by atoms with Gasteiger partial charge in [0.15, 0.2) is 0 Å². The fourth-order valence-electron chi connectivity index (χ4n) is 2.54. The molecule has 1 aliphatic carbocycles. The molecule has 3 rings (SSSR count). The van der Waals surface area contributed by atoms with Gasteiger partial charge in [0.2, 0.25) is 0 Å². The van der Waals surface area contributed by atoms with Crippen LogP contribution in [-0.4, -0.2) is 22.6 Å². The largest absolute Gasteiger partial charge is 0.510 e. The fourth-order valence-corrected chi connectivity index (χ4v) is 2.54. The maximum atomic E-state index is 12.4. The number of hydrogen-bond donors (Lipinski definition) is 2. The smallest absolute Gasteiger partial charge is 0.286 e. The van der Waals surface area contributed by atoms with Gasteiger partial charge in [0, 0.05) is 5.69 Å². The Morgan fingerprint density at radius 1 is 1.26 bits per heavy atom. The SMILES string of the molecule is CCc1ccc(NC(=O)C2=C(O)C3C=CC=CC3=NC2=O)cc1. The van der Waals surface area contributed by atoms with Gasteiger partial charge in [-0.25, -0.2) is 4.99 Å². The Balaban J connectivity index is 1.84. The first-order valence-electron chi connectivity index (χ1n) is 7.41. The van der Waals surface area contributed by atoms with Gasteiger partial charge in [-0.2, -0.15) is 0 Å². The number of hydrogen-bond acceptors (Lipinski definition) is 3. The number of anilines is 1. The molecule has 1 heterocycles. The summed E-state index contributed by atoms with van der Waals surface area (Å²) in [5.41, 5.74) is 1.85. The normalized spacial score (nSPS) is 19.4. The maximum Gasteiger partial charge on any atom is 0.286 e. The topological polar surface area (TPSA) is 78.8 Å². The molecule has 1 aliphatic heterocycles. The Bertz CT molecular complexity index is 783. The van der Waals surface area contributed by atoms with Crippen LogP contribution in [0.3, 0.4) is 0 Å². The molecule has 2 aliphatic rings. The second-order valence-corrected chi connectivity index (χ2v) is 5.33. The number of aryl methyl sites for hydroxylation is 1. The third-order valence-electron chi connectivity index (χ3n) is 3.84.